The lowest BCUT2D eigenvalue weighted by molar-refractivity contribution is -0.134. The molecule has 2 saturated heterocycles. The SMILES string of the molecule is COC(=O)C=Cc1cccc(NC(=O)N[C@@H]2N=C(c3ccccc3F)c3ccccc3N(CC(=O)N3CC4CCC(CC4)C3)C2=O)c1. The molecule has 3 aromatic rings. The Hall–Kier alpha value is -5.32. The van der Waals surface area contributed by atoms with Gasteiger partial charge in [-0.25, -0.2) is 19.0 Å². The fraction of sp³-hybridized carbons (Fsp3) is 0.306. The van der Waals surface area contributed by atoms with Gasteiger partial charge in [-0.15, -0.1) is 0 Å². The third-order valence-electron chi connectivity index (χ3n) is 8.93. The highest BCUT2D eigenvalue weighted by Gasteiger charge is 2.37. The number of para-hydroxylation sites is 1. The minimum atomic E-state index is -1.48. The molecule has 242 valence electrons. The van der Waals surface area contributed by atoms with Gasteiger partial charge >= 0.3 is 12.0 Å². The van der Waals surface area contributed by atoms with E-state index in [0.29, 0.717) is 47.4 Å². The second-order valence-electron chi connectivity index (χ2n) is 12.1. The number of benzene rings is 3. The number of nitrogens with one attached hydrogen (secondary N) is 2. The van der Waals surface area contributed by atoms with Crippen molar-refractivity contribution in [2.24, 2.45) is 16.8 Å². The highest BCUT2D eigenvalue weighted by Crippen LogP contribution is 2.34. The number of carbonyl (C=O) groups excluding carboxylic acids is 4. The summed E-state index contributed by atoms with van der Waals surface area (Å²) in [5, 5.41) is 5.34. The Morgan fingerprint density at radius 2 is 1.62 bits per heavy atom. The number of benzodiazepines with no additional fused rings is 1. The zero-order valence-electron chi connectivity index (χ0n) is 26.0. The first-order valence-electron chi connectivity index (χ1n) is 15.7. The summed E-state index contributed by atoms with van der Waals surface area (Å²) < 4.78 is 19.9. The van der Waals surface area contributed by atoms with Gasteiger partial charge in [-0.3, -0.25) is 14.5 Å². The number of hydrogen-bond donors (Lipinski definition) is 2. The van der Waals surface area contributed by atoms with Crippen molar-refractivity contribution in [3.63, 3.8) is 0 Å². The Kier molecular flexibility index (Phi) is 9.42. The van der Waals surface area contributed by atoms with Crippen molar-refractivity contribution in [3.05, 3.63) is 101 Å². The molecular weight excluding hydrogens is 601 g/mol. The number of anilines is 2. The van der Waals surface area contributed by atoms with Crippen LogP contribution in [0, 0.1) is 17.7 Å². The maximum absolute atomic E-state index is 15.2. The van der Waals surface area contributed by atoms with Crippen LogP contribution in [0.15, 0.2) is 83.9 Å². The minimum Gasteiger partial charge on any atom is -0.466 e. The number of urea groups is 1. The molecule has 0 aromatic heterocycles. The molecule has 7 rings (SSSR count). The standard InChI is InChI=1S/C36H36FN5O5/c1-47-32(44)18-17-23-7-6-8-26(19-23)38-36(46)40-34-35(45)42(22-31(43)41-20-24-13-14-25(21-41)16-15-24)30-12-5-3-10-28(30)33(39-34)27-9-2-4-11-29(27)37/h2-12,17-19,24-25,34H,13-16,20-22H2,1H3,(H2,38,40,46)/t24?,25?,34-/m0/s1. The Balaban J connectivity index is 1.31. The number of amides is 4. The molecule has 11 heteroatoms. The Bertz CT molecular complexity index is 1730. The predicted molar refractivity (Wildman–Crippen MR) is 176 cm³/mol. The molecule has 2 N–H and O–H groups in total. The number of nitrogens with zero attached hydrogens (tertiary/aromatic N) is 3. The van der Waals surface area contributed by atoms with Gasteiger partial charge in [0.1, 0.15) is 12.4 Å². The van der Waals surface area contributed by atoms with Crippen LogP contribution in [-0.4, -0.2) is 67.3 Å². The van der Waals surface area contributed by atoms with Crippen LogP contribution in [0.4, 0.5) is 20.6 Å². The van der Waals surface area contributed by atoms with E-state index in [0.717, 1.165) is 25.7 Å². The van der Waals surface area contributed by atoms with E-state index in [1.54, 1.807) is 66.7 Å². The Morgan fingerprint density at radius 1 is 0.936 bits per heavy atom. The number of methoxy groups -OCH3 is 1. The van der Waals surface area contributed by atoms with E-state index in [4.69, 9.17) is 0 Å². The van der Waals surface area contributed by atoms with Crippen molar-refractivity contribution in [1.82, 2.24) is 10.2 Å². The Labute approximate surface area is 272 Å². The summed E-state index contributed by atoms with van der Waals surface area (Å²) in [7, 11) is 1.28. The van der Waals surface area contributed by atoms with Crippen LogP contribution in [0.5, 0.6) is 0 Å². The monoisotopic (exact) mass is 637 g/mol. The minimum absolute atomic E-state index is 0.155. The van der Waals surface area contributed by atoms with Gasteiger partial charge < -0.3 is 20.3 Å². The third-order valence-corrected chi connectivity index (χ3v) is 8.93. The Morgan fingerprint density at radius 3 is 2.32 bits per heavy atom. The number of ether oxygens (including phenoxy) is 1. The zero-order chi connectivity index (χ0) is 32.9. The van der Waals surface area contributed by atoms with Gasteiger partial charge in [0, 0.05) is 36.0 Å². The van der Waals surface area contributed by atoms with E-state index in [1.807, 2.05) is 4.90 Å². The molecule has 4 aliphatic rings. The fourth-order valence-corrected chi connectivity index (χ4v) is 6.53. The number of carbonyl (C=O) groups is 4. The quantitative estimate of drug-likeness (QED) is 0.279. The largest absolute Gasteiger partial charge is 0.466 e. The molecule has 3 aliphatic heterocycles. The van der Waals surface area contributed by atoms with Crippen LogP contribution in [0.3, 0.4) is 0 Å². The maximum Gasteiger partial charge on any atom is 0.330 e. The molecule has 4 amide bonds. The highest BCUT2D eigenvalue weighted by atomic mass is 19.1. The smallest absolute Gasteiger partial charge is 0.330 e. The van der Waals surface area contributed by atoms with Crippen LogP contribution in [0.1, 0.15) is 42.4 Å². The molecule has 2 bridgehead atoms. The van der Waals surface area contributed by atoms with E-state index in [9.17, 15) is 19.2 Å². The summed E-state index contributed by atoms with van der Waals surface area (Å²) in [6.45, 7) is 1.08. The van der Waals surface area contributed by atoms with Gasteiger partial charge in [0.2, 0.25) is 12.1 Å². The van der Waals surface area contributed by atoms with Crippen LogP contribution >= 0.6 is 0 Å². The van der Waals surface area contributed by atoms with Crippen molar-refractivity contribution in [1.29, 1.82) is 0 Å². The van der Waals surface area contributed by atoms with Gasteiger partial charge in [-0.05, 0) is 79.5 Å². The topological polar surface area (TPSA) is 120 Å². The van der Waals surface area contributed by atoms with Gasteiger partial charge in [-0.1, -0.05) is 42.5 Å². The third kappa shape index (κ3) is 7.24. The lowest BCUT2D eigenvalue weighted by Gasteiger charge is -2.29. The molecule has 0 spiro atoms. The summed E-state index contributed by atoms with van der Waals surface area (Å²) in [4.78, 5) is 60.8. The molecule has 10 nitrogen and oxygen atoms in total. The van der Waals surface area contributed by atoms with E-state index < -0.39 is 29.9 Å². The number of hydrogen-bond acceptors (Lipinski definition) is 6. The van der Waals surface area contributed by atoms with Crippen molar-refractivity contribution >= 4 is 47.0 Å². The second kappa shape index (κ2) is 14.0. The number of aliphatic imine (C=N–C) groups is 1. The number of esters is 1. The fourth-order valence-electron chi connectivity index (χ4n) is 6.53. The van der Waals surface area contributed by atoms with Crippen LogP contribution in [0.2, 0.25) is 0 Å². The number of fused-ring (bicyclic) bond motifs is 5. The molecule has 3 heterocycles. The van der Waals surface area contributed by atoms with Gasteiger partial charge in [-0.2, -0.15) is 0 Å². The first-order valence-corrected chi connectivity index (χ1v) is 15.7. The first kappa shape index (κ1) is 31.7. The van der Waals surface area contributed by atoms with Gasteiger partial charge in [0.15, 0.2) is 0 Å². The molecule has 0 radical (unpaired) electrons. The maximum atomic E-state index is 15.2. The molecule has 0 unspecified atom stereocenters. The van der Waals surface area contributed by atoms with Crippen molar-refractivity contribution in [2.75, 3.05) is 37.0 Å². The highest BCUT2D eigenvalue weighted by molar-refractivity contribution is 6.21. The molecule has 1 saturated carbocycles. The summed E-state index contributed by atoms with van der Waals surface area (Å²) >= 11 is 0. The lowest BCUT2D eigenvalue weighted by atomic mass is 9.84. The van der Waals surface area contributed by atoms with Crippen LogP contribution in [0.25, 0.3) is 6.08 Å². The van der Waals surface area contributed by atoms with Crippen molar-refractivity contribution in [2.45, 2.75) is 31.8 Å². The summed E-state index contributed by atoms with van der Waals surface area (Å²) in [6, 6.07) is 19.0. The first-order chi connectivity index (χ1) is 22.8. The summed E-state index contributed by atoms with van der Waals surface area (Å²) in [5.41, 5.74) is 2.21. The van der Waals surface area contributed by atoms with E-state index >= 15 is 4.39 Å². The average Bonchev–Trinajstić information content (AvgIpc) is 3.47. The zero-order valence-corrected chi connectivity index (χ0v) is 26.0. The average molecular weight is 638 g/mol. The van der Waals surface area contributed by atoms with E-state index in [1.165, 1.54) is 30.2 Å². The predicted octanol–water partition coefficient (Wildman–Crippen LogP) is 4.99. The molecule has 3 aromatic carbocycles. The van der Waals surface area contributed by atoms with E-state index in [-0.39, 0.29) is 23.7 Å². The molecular formula is C36H36FN5O5. The van der Waals surface area contributed by atoms with E-state index in [2.05, 4.69) is 20.4 Å². The van der Waals surface area contributed by atoms with Gasteiger partial charge in [0.25, 0.3) is 5.91 Å². The molecule has 1 aliphatic carbocycles. The number of rotatable bonds is 7. The van der Waals surface area contributed by atoms with Gasteiger partial charge in [0.05, 0.1) is 18.5 Å². The van der Waals surface area contributed by atoms with Crippen LogP contribution in [-0.2, 0) is 19.1 Å². The van der Waals surface area contributed by atoms with Crippen molar-refractivity contribution in [3.8, 4) is 0 Å². The molecule has 3 fully saturated rings. The lowest BCUT2D eigenvalue weighted by Crippen LogP contribution is -2.51. The van der Waals surface area contributed by atoms with Crippen molar-refractivity contribution < 1.29 is 28.3 Å². The second-order valence-corrected chi connectivity index (χ2v) is 12.1. The summed E-state index contributed by atoms with van der Waals surface area (Å²) in [5.74, 6) is -0.968. The summed E-state index contributed by atoms with van der Waals surface area (Å²) in [6.07, 6.45) is 5.73. The molecule has 1 atom stereocenters. The number of halogens is 1. The molecule has 47 heavy (non-hydrogen) atoms. The van der Waals surface area contributed by atoms with Crippen LogP contribution < -0.4 is 15.5 Å². The normalized spacial score (nSPS) is 20.6.